The lowest BCUT2D eigenvalue weighted by Crippen LogP contribution is -2.09. The monoisotopic (exact) mass is 207 g/mol. The van der Waals surface area contributed by atoms with Crippen LogP contribution in [0.25, 0.3) is 0 Å². The van der Waals surface area contributed by atoms with Crippen molar-refractivity contribution in [1.82, 2.24) is 4.98 Å². The lowest BCUT2D eigenvalue weighted by molar-refractivity contribution is 0.760. The SMILES string of the molecule is NCC1=NC(Cc2ccncc2)CS1. The Morgan fingerprint density at radius 2 is 2.21 bits per heavy atom. The predicted octanol–water partition coefficient (Wildman–Crippen LogP) is 1.10. The molecule has 14 heavy (non-hydrogen) atoms. The minimum absolute atomic E-state index is 0.404. The molecule has 1 aromatic heterocycles. The molecular formula is C10H13N3S. The van der Waals surface area contributed by atoms with Crippen LogP contribution < -0.4 is 5.73 Å². The summed E-state index contributed by atoms with van der Waals surface area (Å²) >= 11 is 1.78. The van der Waals surface area contributed by atoms with E-state index in [-0.39, 0.29) is 0 Å². The van der Waals surface area contributed by atoms with Gasteiger partial charge in [0.1, 0.15) is 0 Å². The number of hydrogen-bond acceptors (Lipinski definition) is 4. The molecule has 1 aliphatic rings. The highest BCUT2D eigenvalue weighted by Crippen LogP contribution is 2.20. The number of nitrogens with zero attached hydrogens (tertiary/aromatic N) is 2. The van der Waals surface area contributed by atoms with E-state index in [0.717, 1.165) is 17.2 Å². The average Bonchev–Trinajstić information content (AvgIpc) is 2.67. The lowest BCUT2D eigenvalue weighted by atomic mass is 10.1. The number of rotatable bonds is 3. The molecule has 1 aromatic rings. The van der Waals surface area contributed by atoms with Crippen LogP contribution in [0.2, 0.25) is 0 Å². The quantitative estimate of drug-likeness (QED) is 0.807. The summed E-state index contributed by atoms with van der Waals surface area (Å²) in [5.74, 6) is 1.06. The Hall–Kier alpha value is -0.870. The topological polar surface area (TPSA) is 51.3 Å². The first-order valence-electron chi connectivity index (χ1n) is 4.67. The van der Waals surface area contributed by atoms with Crippen molar-refractivity contribution in [2.45, 2.75) is 12.5 Å². The first kappa shape index (κ1) is 9.68. The zero-order valence-electron chi connectivity index (χ0n) is 7.89. The third-order valence-corrected chi connectivity index (χ3v) is 3.32. The molecule has 4 heteroatoms. The molecule has 0 saturated carbocycles. The Morgan fingerprint density at radius 3 is 2.86 bits per heavy atom. The van der Waals surface area contributed by atoms with Crippen LogP contribution in [-0.2, 0) is 6.42 Å². The smallest absolute Gasteiger partial charge is 0.0816 e. The van der Waals surface area contributed by atoms with Crippen molar-refractivity contribution >= 4 is 16.8 Å². The minimum atomic E-state index is 0.404. The van der Waals surface area contributed by atoms with E-state index in [2.05, 4.69) is 9.98 Å². The van der Waals surface area contributed by atoms with Gasteiger partial charge in [-0.05, 0) is 24.1 Å². The molecule has 0 amide bonds. The summed E-state index contributed by atoms with van der Waals surface area (Å²) in [6, 6.07) is 4.49. The molecule has 0 spiro atoms. The van der Waals surface area contributed by atoms with Gasteiger partial charge in [0.05, 0.1) is 11.1 Å². The average molecular weight is 207 g/mol. The van der Waals surface area contributed by atoms with Crippen LogP contribution in [0.5, 0.6) is 0 Å². The zero-order valence-corrected chi connectivity index (χ0v) is 8.70. The van der Waals surface area contributed by atoms with Gasteiger partial charge in [-0.15, -0.1) is 11.8 Å². The van der Waals surface area contributed by atoms with Crippen molar-refractivity contribution in [3.05, 3.63) is 30.1 Å². The van der Waals surface area contributed by atoms with E-state index >= 15 is 0 Å². The van der Waals surface area contributed by atoms with E-state index in [0.29, 0.717) is 12.6 Å². The molecule has 2 heterocycles. The van der Waals surface area contributed by atoms with E-state index in [4.69, 9.17) is 5.73 Å². The summed E-state index contributed by atoms with van der Waals surface area (Å²) in [7, 11) is 0. The third kappa shape index (κ3) is 2.33. The Morgan fingerprint density at radius 1 is 1.43 bits per heavy atom. The summed E-state index contributed by atoms with van der Waals surface area (Å²) in [6.45, 7) is 0.581. The highest BCUT2D eigenvalue weighted by molar-refractivity contribution is 8.14. The van der Waals surface area contributed by atoms with E-state index in [1.807, 2.05) is 24.5 Å². The molecule has 0 fully saturated rings. The standard InChI is InChI=1S/C10H13N3S/c11-6-10-13-9(7-14-10)5-8-1-3-12-4-2-8/h1-4,9H,5-7,11H2. The van der Waals surface area contributed by atoms with Crippen molar-refractivity contribution in [3.63, 3.8) is 0 Å². The van der Waals surface area contributed by atoms with Gasteiger partial charge in [0, 0.05) is 24.7 Å². The van der Waals surface area contributed by atoms with Gasteiger partial charge in [-0.3, -0.25) is 9.98 Å². The number of hydrogen-bond donors (Lipinski definition) is 1. The summed E-state index contributed by atoms with van der Waals surface area (Å²) in [4.78, 5) is 8.53. The normalized spacial score (nSPS) is 20.9. The molecule has 0 aromatic carbocycles. The number of nitrogens with two attached hydrogens (primary N) is 1. The lowest BCUT2D eigenvalue weighted by Gasteiger charge is -2.04. The van der Waals surface area contributed by atoms with Gasteiger partial charge >= 0.3 is 0 Å². The van der Waals surface area contributed by atoms with Crippen LogP contribution in [0.15, 0.2) is 29.5 Å². The van der Waals surface area contributed by atoms with Crippen LogP contribution in [0.4, 0.5) is 0 Å². The second-order valence-electron chi connectivity index (χ2n) is 3.25. The molecule has 3 nitrogen and oxygen atoms in total. The molecule has 74 valence electrons. The molecular weight excluding hydrogens is 194 g/mol. The van der Waals surface area contributed by atoms with Gasteiger partial charge in [0.25, 0.3) is 0 Å². The van der Waals surface area contributed by atoms with E-state index in [1.54, 1.807) is 11.8 Å². The maximum Gasteiger partial charge on any atom is 0.0816 e. The van der Waals surface area contributed by atoms with Crippen molar-refractivity contribution in [3.8, 4) is 0 Å². The molecule has 0 aliphatic carbocycles. The van der Waals surface area contributed by atoms with Crippen LogP contribution in [0, 0.1) is 0 Å². The number of aromatic nitrogens is 1. The molecule has 1 atom stereocenters. The Labute approximate surface area is 87.8 Å². The second kappa shape index (κ2) is 4.57. The van der Waals surface area contributed by atoms with Gasteiger partial charge in [-0.1, -0.05) is 0 Å². The molecule has 0 bridgehead atoms. The molecule has 1 aliphatic heterocycles. The maximum atomic E-state index is 5.53. The van der Waals surface area contributed by atoms with Gasteiger partial charge in [0.15, 0.2) is 0 Å². The first-order valence-corrected chi connectivity index (χ1v) is 5.65. The fourth-order valence-electron chi connectivity index (χ4n) is 1.48. The van der Waals surface area contributed by atoms with Crippen molar-refractivity contribution in [2.75, 3.05) is 12.3 Å². The summed E-state index contributed by atoms with van der Waals surface area (Å²) < 4.78 is 0. The largest absolute Gasteiger partial charge is 0.325 e. The summed E-state index contributed by atoms with van der Waals surface area (Å²) in [5.41, 5.74) is 6.83. The van der Waals surface area contributed by atoms with Crippen LogP contribution in [0.3, 0.4) is 0 Å². The number of thioether (sulfide) groups is 1. The Bertz CT molecular complexity index is 323. The van der Waals surface area contributed by atoms with Crippen LogP contribution in [0.1, 0.15) is 5.56 Å². The molecule has 2 rings (SSSR count). The number of aliphatic imine (C=N–C) groups is 1. The Balaban J connectivity index is 1.97. The van der Waals surface area contributed by atoms with Gasteiger partial charge in [0.2, 0.25) is 0 Å². The highest BCUT2D eigenvalue weighted by Gasteiger charge is 2.16. The van der Waals surface area contributed by atoms with E-state index in [9.17, 15) is 0 Å². The highest BCUT2D eigenvalue weighted by atomic mass is 32.2. The van der Waals surface area contributed by atoms with Crippen molar-refractivity contribution < 1.29 is 0 Å². The van der Waals surface area contributed by atoms with Crippen molar-refractivity contribution in [1.29, 1.82) is 0 Å². The van der Waals surface area contributed by atoms with Gasteiger partial charge in [-0.25, -0.2) is 0 Å². The van der Waals surface area contributed by atoms with E-state index < -0.39 is 0 Å². The molecule has 0 saturated heterocycles. The fourth-order valence-corrected chi connectivity index (χ4v) is 2.40. The van der Waals surface area contributed by atoms with Gasteiger partial charge in [-0.2, -0.15) is 0 Å². The Kier molecular flexibility index (Phi) is 3.16. The predicted molar refractivity (Wildman–Crippen MR) is 60.7 cm³/mol. The zero-order chi connectivity index (χ0) is 9.80. The summed E-state index contributed by atoms with van der Waals surface area (Å²) in [6.07, 6.45) is 4.65. The van der Waals surface area contributed by atoms with Crippen LogP contribution >= 0.6 is 11.8 Å². The number of pyridine rings is 1. The van der Waals surface area contributed by atoms with E-state index in [1.165, 1.54) is 5.56 Å². The first-order chi connectivity index (χ1) is 6.88. The maximum absolute atomic E-state index is 5.53. The van der Waals surface area contributed by atoms with Gasteiger partial charge < -0.3 is 5.73 Å². The second-order valence-corrected chi connectivity index (χ2v) is 4.34. The molecule has 1 unspecified atom stereocenters. The minimum Gasteiger partial charge on any atom is -0.325 e. The van der Waals surface area contributed by atoms with Crippen molar-refractivity contribution in [2.24, 2.45) is 10.7 Å². The van der Waals surface area contributed by atoms with Crippen LogP contribution in [-0.4, -0.2) is 28.4 Å². The summed E-state index contributed by atoms with van der Waals surface area (Å²) in [5, 5.41) is 1.09. The fraction of sp³-hybridized carbons (Fsp3) is 0.400. The third-order valence-electron chi connectivity index (χ3n) is 2.16. The molecule has 2 N–H and O–H groups in total. The molecule has 0 radical (unpaired) electrons.